The van der Waals surface area contributed by atoms with Crippen LogP contribution in [0.4, 0.5) is 5.82 Å². The molecule has 4 rings (SSSR count). The van der Waals surface area contributed by atoms with Crippen molar-refractivity contribution in [1.82, 2.24) is 20.8 Å². The van der Waals surface area contributed by atoms with Crippen molar-refractivity contribution >= 4 is 17.6 Å². The van der Waals surface area contributed by atoms with Crippen LogP contribution in [0.2, 0.25) is 0 Å². The lowest BCUT2D eigenvalue weighted by Crippen LogP contribution is -2.53. The van der Waals surface area contributed by atoms with Crippen LogP contribution >= 0.6 is 0 Å². The summed E-state index contributed by atoms with van der Waals surface area (Å²) in [4.78, 5) is 24.4. The van der Waals surface area contributed by atoms with Gasteiger partial charge in [-0.15, -0.1) is 0 Å². The quantitative estimate of drug-likeness (QED) is 0.665. The number of aromatic nitrogens is 2. The van der Waals surface area contributed by atoms with Crippen molar-refractivity contribution in [3.63, 3.8) is 0 Å². The molecule has 0 radical (unpaired) electrons. The molecule has 0 spiro atoms. The van der Waals surface area contributed by atoms with Crippen molar-refractivity contribution in [3.8, 4) is 0 Å². The topological polar surface area (TPSA) is 98.9 Å². The molecule has 136 valence electrons. The summed E-state index contributed by atoms with van der Waals surface area (Å²) in [7, 11) is 0. The Morgan fingerprint density at radius 2 is 2.04 bits per heavy atom. The van der Waals surface area contributed by atoms with E-state index in [2.05, 4.69) is 26.1 Å². The van der Waals surface area contributed by atoms with Crippen LogP contribution in [0.3, 0.4) is 0 Å². The first-order chi connectivity index (χ1) is 12.2. The number of anilines is 1. The zero-order chi connectivity index (χ0) is 17.3. The monoisotopic (exact) mass is 345 g/mol. The summed E-state index contributed by atoms with van der Waals surface area (Å²) in [5, 5.41) is 16.7. The lowest BCUT2D eigenvalue weighted by atomic mass is 9.58. The average molecular weight is 345 g/mol. The largest absolute Gasteiger partial charge is 0.356 e. The van der Waals surface area contributed by atoms with Crippen LogP contribution in [0, 0.1) is 11.3 Å². The molecular formula is C18H27N5O2. The molecule has 1 atom stereocenters. The van der Waals surface area contributed by atoms with E-state index in [1.165, 1.54) is 0 Å². The molecule has 1 saturated carbocycles. The molecule has 3 aliphatic rings. The molecule has 3 fully saturated rings. The summed E-state index contributed by atoms with van der Waals surface area (Å²) in [5.74, 6) is 1.53. The van der Waals surface area contributed by atoms with E-state index >= 15 is 0 Å². The maximum atomic E-state index is 13.0. The van der Waals surface area contributed by atoms with Gasteiger partial charge in [-0.1, -0.05) is 6.42 Å². The molecule has 0 bridgehead atoms. The zero-order valence-electron chi connectivity index (χ0n) is 14.6. The third kappa shape index (κ3) is 3.17. The van der Waals surface area contributed by atoms with Crippen LogP contribution in [0.5, 0.6) is 0 Å². The highest BCUT2D eigenvalue weighted by atomic mass is 16.2. The fourth-order valence-electron chi connectivity index (χ4n) is 4.57. The van der Waals surface area contributed by atoms with Gasteiger partial charge in [-0.3, -0.25) is 14.7 Å². The minimum atomic E-state index is -0.332. The first-order valence-corrected chi connectivity index (χ1v) is 9.51. The lowest BCUT2D eigenvalue weighted by molar-refractivity contribution is -0.138. The maximum absolute atomic E-state index is 13.0. The summed E-state index contributed by atoms with van der Waals surface area (Å²) in [6.07, 6.45) is 6.43. The molecule has 7 nitrogen and oxygen atoms in total. The molecule has 1 aromatic rings. The van der Waals surface area contributed by atoms with E-state index in [0.29, 0.717) is 24.7 Å². The van der Waals surface area contributed by atoms with Crippen molar-refractivity contribution in [1.29, 1.82) is 0 Å². The second-order valence-corrected chi connectivity index (χ2v) is 7.74. The highest BCUT2D eigenvalue weighted by Gasteiger charge is 2.50. The van der Waals surface area contributed by atoms with E-state index < -0.39 is 0 Å². The summed E-state index contributed by atoms with van der Waals surface area (Å²) in [6, 6.07) is 1.99. The highest BCUT2D eigenvalue weighted by Crippen LogP contribution is 2.50. The number of carbonyl (C=O) groups is 2. The number of aromatic amines is 1. The number of hydrogen-bond acceptors (Lipinski definition) is 4. The van der Waals surface area contributed by atoms with Crippen molar-refractivity contribution in [2.45, 2.75) is 50.9 Å². The molecule has 7 heteroatoms. The second-order valence-electron chi connectivity index (χ2n) is 7.74. The summed E-state index contributed by atoms with van der Waals surface area (Å²) in [6.45, 7) is 2.68. The van der Waals surface area contributed by atoms with E-state index in [1.807, 2.05) is 6.07 Å². The fraction of sp³-hybridized carbons (Fsp3) is 0.722. The molecule has 0 aromatic carbocycles. The number of carbonyl (C=O) groups excluding carboxylic acids is 2. The van der Waals surface area contributed by atoms with Gasteiger partial charge in [-0.2, -0.15) is 5.10 Å². The Kier molecular flexibility index (Phi) is 4.50. The number of nitrogens with zero attached hydrogens (tertiary/aromatic N) is 1. The molecule has 25 heavy (non-hydrogen) atoms. The maximum Gasteiger partial charge on any atom is 0.232 e. The van der Waals surface area contributed by atoms with E-state index in [9.17, 15) is 9.59 Å². The molecule has 1 aromatic heterocycles. The van der Waals surface area contributed by atoms with Crippen LogP contribution in [-0.2, 0) is 9.59 Å². The third-order valence-corrected chi connectivity index (χ3v) is 6.36. The lowest BCUT2D eigenvalue weighted by Gasteiger charge is -2.47. The van der Waals surface area contributed by atoms with Gasteiger partial charge in [0.05, 0.1) is 5.41 Å². The molecule has 1 aliphatic carbocycles. The highest BCUT2D eigenvalue weighted by molar-refractivity contribution is 5.95. The number of nitrogens with one attached hydrogen (secondary N) is 4. The molecule has 2 amide bonds. The van der Waals surface area contributed by atoms with Gasteiger partial charge in [0, 0.05) is 30.6 Å². The molecule has 2 aliphatic heterocycles. The standard InChI is InChI=1S/C18H27N5O2/c24-16-3-2-13(11-20-16)18(6-1-7-18)17(25)21-15-10-14(22-23-15)12-4-8-19-9-5-12/h10,12-13,19H,1-9,11H2,(H,20,24)(H2,21,22,23,25). The van der Waals surface area contributed by atoms with Crippen LogP contribution < -0.4 is 16.0 Å². The van der Waals surface area contributed by atoms with Crippen LogP contribution in [0.25, 0.3) is 0 Å². The predicted octanol–water partition coefficient (Wildman–Crippen LogP) is 1.51. The third-order valence-electron chi connectivity index (χ3n) is 6.36. The smallest absolute Gasteiger partial charge is 0.232 e. The van der Waals surface area contributed by atoms with E-state index in [1.54, 1.807) is 0 Å². The van der Waals surface area contributed by atoms with Crippen LogP contribution in [0.1, 0.15) is 56.6 Å². The normalized spacial score (nSPS) is 26.6. The molecule has 3 heterocycles. The number of rotatable bonds is 4. The SMILES string of the molecule is O=C1CCC(C2(C(=O)Nc3cc(C4CCNCC4)[nH]n3)CCC2)CN1. The zero-order valence-corrected chi connectivity index (χ0v) is 14.6. The van der Waals surface area contributed by atoms with Crippen molar-refractivity contribution in [3.05, 3.63) is 11.8 Å². The van der Waals surface area contributed by atoms with Gasteiger partial charge in [-0.25, -0.2) is 0 Å². The Balaban J connectivity index is 1.42. The Labute approximate surface area is 147 Å². The second kappa shape index (κ2) is 6.78. The fourth-order valence-corrected chi connectivity index (χ4v) is 4.57. The van der Waals surface area contributed by atoms with E-state index in [0.717, 1.165) is 57.3 Å². The molecule has 1 unspecified atom stereocenters. The van der Waals surface area contributed by atoms with Gasteiger partial charge in [-0.05, 0) is 51.1 Å². The Morgan fingerprint density at radius 1 is 1.24 bits per heavy atom. The molecule has 4 N–H and O–H groups in total. The summed E-state index contributed by atoms with van der Waals surface area (Å²) >= 11 is 0. The minimum Gasteiger partial charge on any atom is -0.356 e. The first kappa shape index (κ1) is 16.6. The Bertz CT molecular complexity index is 636. The molecule has 2 saturated heterocycles. The number of hydrogen-bond donors (Lipinski definition) is 4. The van der Waals surface area contributed by atoms with Gasteiger partial charge in [0.15, 0.2) is 5.82 Å². The van der Waals surface area contributed by atoms with Gasteiger partial charge >= 0.3 is 0 Å². The number of piperidine rings is 2. The van der Waals surface area contributed by atoms with Crippen LogP contribution in [-0.4, -0.2) is 41.6 Å². The van der Waals surface area contributed by atoms with E-state index in [4.69, 9.17) is 0 Å². The Morgan fingerprint density at radius 3 is 2.68 bits per heavy atom. The predicted molar refractivity (Wildman–Crippen MR) is 94.1 cm³/mol. The van der Waals surface area contributed by atoms with Gasteiger partial charge in [0.25, 0.3) is 0 Å². The summed E-state index contributed by atoms with van der Waals surface area (Å²) < 4.78 is 0. The number of amides is 2. The van der Waals surface area contributed by atoms with E-state index in [-0.39, 0.29) is 23.1 Å². The van der Waals surface area contributed by atoms with Crippen LogP contribution in [0.15, 0.2) is 6.07 Å². The van der Waals surface area contributed by atoms with Gasteiger partial charge < -0.3 is 16.0 Å². The summed E-state index contributed by atoms with van der Waals surface area (Å²) in [5.41, 5.74) is 0.783. The van der Waals surface area contributed by atoms with Crippen molar-refractivity contribution < 1.29 is 9.59 Å². The minimum absolute atomic E-state index is 0.0725. The first-order valence-electron chi connectivity index (χ1n) is 9.51. The van der Waals surface area contributed by atoms with Gasteiger partial charge in [0.2, 0.25) is 11.8 Å². The van der Waals surface area contributed by atoms with Crippen molar-refractivity contribution in [2.24, 2.45) is 11.3 Å². The van der Waals surface area contributed by atoms with Gasteiger partial charge in [0.1, 0.15) is 0 Å². The molecular weight excluding hydrogens is 318 g/mol. The number of H-pyrrole nitrogens is 1. The average Bonchev–Trinajstić information content (AvgIpc) is 3.05. The Hall–Kier alpha value is -1.89. The van der Waals surface area contributed by atoms with Crippen molar-refractivity contribution in [2.75, 3.05) is 25.0 Å².